The molecule has 6 nitrogen and oxygen atoms in total. The molecule has 0 aliphatic heterocycles. The molecule has 1 aromatic heterocycles. The molecule has 0 spiro atoms. The van der Waals surface area contributed by atoms with E-state index in [0.717, 1.165) is 0 Å². The van der Waals surface area contributed by atoms with Gasteiger partial charge in [-0.05, 0) is 16.7 Å². The zero-order valence-corrected chi connectivity index (χ0v) is 7.52. The van der Waals surface area contributed by atoms with Crippen LogP contribution >= 0.6 is 11.8 Å². The van der Waals surface area contributed by atoms with Gasteiger partial charge in [-0.3, -0.25) is 0 Å². The van der Waals surface area contributed by atoms with Crippen LogP contribution in [0.2, 0.25) is 0 Å². The molecular weight excluding hydrogens is 237 g/mol. The molecule has 0 aromatic carbocycles. The number of hydrogen-bond donors (Lipinski definition) is 1. The zero-order chi connectivity index (χ0) is 11.6. The molecule has 1 aromatic rings. The van der Waals surface area contributed by atoms with Gasteiger partial charge in [-0.1, -0.05) is 5.10 Å². The third-order valence-corrected chi connectivity index (χ3v) is 2.03. The van der Waals surface area contributed by atoms with Crippen molar-refractivity contribution in [1.82, 2.24) is 10.2 Å². The summed E-state index contributed by atoms with van der Waals surface area (Å²) in [6.07, 6.45) is 0. The molecule has 15 heavy (non-hydrogen) atoms. The van der Waals surface area contributed by atoms with Gasteiger partial charge < -0.3 is 10.1 Å². The Kier molecular flexibility index (Phi) is 2.85. The lowest BCUT2D eigenvalue weighted by Gasteiger charge is -2.02. The number of aromatic nitrogens is 2. The van der Waals surface area contributed by atoms with E-state index in [2.05, 4.69) is 5.10 Å². The number of thioether (sulfide) groups is 1. The molecule has 0 saturated heterocycles. The second kappa shape index (κ2) is 3.77. The number of nitrogens with one attached hydrogen (secondary N) is 1. The number of aromatic amines is 1. The fourth-order valence-electron chi connectivity index (χ4n) is 0.734. The summed E-state index contributed by atoms with van der Waals surface area (Å²) < 4.78 is 35.9. The van der Waals surface area contributed by atoms with Gasteiger partial charge in [-0.15, -0.1) is 5.10 Å². The molecule has 10 heteroatoms. The van der Waals surface area contributed by atoms with Crippen LogP contribution in [0.1, 0.15) is 5.69 Å². The molecule has 0 radical (unpaired) electrons. The molecule has 0 atom stereocenters. The maximum absolute atomic E-state index is 12.0. The van der Waals surface area contributed by atoms with Crippen LogP contribution in [-0.2, 0) is 0 Å². The van der Waals surface area contributed by atoms with Crippen molar-refractivity contribution < 1.29 is 18.1 Å². The summed E-state index contributed by atoms with van der Waals surface area (Å²) in [4.78, 5) is 8.39. The SMILES string of the molecule is N#Cc1n[nH]c([N+](=O)[O-])c1SC(F)(F)F. The standard InChI is InChI=1S/C5HF3N4O2S/c6-5(7,8)15-3-2(1-9)10-11-4(3)12(13)14/h(H,10,11). The van der Waals surface area contributed by atoms with Gasteiger partial charge >= 0.3 is 11.3 Å². The van der Waals surface area contributed by atoms with E-state index in [1.54, 1.807) is 5.10 Å². The van der Waals surface area contributed by atoms with E-state index in [0.29, 0.717) is 0 Å². The number of alkyl halides is 3. The van der Waals surface area contributed by atoms with E-state index in [9.17, 15) is 23.3 Å². The lowest BCUT2D eigenvalue weighted by molar-refractivity contribution is -0.392. The smallest absolute Gasteiger partial charge is 0.358 e. The molecule has 1 N–H and O–H groups in total. The predicted octanol–water partition coefficient (Wildman–Crippen LogP) is 1.80. The lowest BCUT2D eigenvalue weighted by atomic mass is 10.4. The van der Waals surface area contributed by atoms with Crippen LogP contribution in [0.5, 0.6) is 0 Å². The Labute approximate surface area is 84.2 Å². The fourth-order valence-corrected chi connectivity index (χ4v) is 1.37. The summed E-state index contributed by atoms with van der Waals surface area (Å²) in [6, 6.07) is 1.33. The van der Waals surface area contributed by atoms with Crippen molar-refractivity contribution in [3.05, 3.63) is 15.8 Å². The van der Waals surface area contributed by atoms with Crippen LogP contribution in [0.25, 0.3) is 0 Å². The Morgan fingerprint density at radius 3 is 2.60 bits per heavy atom. The van der Waals surface area contributed by atoms with Gasteiger partial charge in [-0.25, -0.2) is 0 Å². The minimum atomic E-state index is -4.71. The summed E-state index contributed by atoms with van der Waals surface area (Å²) in [7, 11) is 0. The first-order chi connectivity index (χ1) is 6.85. The predicted molar refractivity (Wildman–Crippen MR) is 41.9 cm³/mol. The van der Waals surface area contributed by atoms with E-state index < -0.39 is 38.6 Å². The minimum absolute atomic E-state index is 0.649. The van der Waals surface area contributed by atoms with Crippen molar-refractivity contribution in [1.29, 1.82) is 5.26 Å². The molecular formula is C5HF3N4O2S. The number of halogens is 3. The first kappa shape index (κ1) is 11.3. The van der Waals surface area contributed by atoms with Crippen molar-refractivity contribution in [3.8, 4) is 6.07 Å². The first-order valence-corrected chi connectivity index (χ1v) is 4.05. The van der Waals surface area contributed by atoms with Gasteiger partial charge in [0.2, 0.25) is 5.69 Å². The van der Waals surface area contributed by atoms with Crippen molar-refractivity contribution in [3.63, 3.8) is 0 Å². The highest BCUT2D eigenvalue weighted by Crippen LogP contribution is 2.41. The van der Waals surface area contributed by atoms with E-state index >= 15 is 0 Å². The highest BCUT2D eigenvalue weighted by Gasteiger charge is 2.36. The number of nitro groups is 1. The molecule has 0 saturated carbocycles. The van der Waals surface area contributed by atoms with Gasteiger partial charge in [0.25, 0.3) is 0 Å². The Morgan fingerprint density at radius 1 is 1.60 bits per heavy atom. The summed E-state index contributed by atoms with van der Waals surface area (Å²) in [6.45, 7) is 0. The highest BCUT2D eigenvalue weighted by molar-refractivity contribution is 8.00. The van der Waals surface area contributed by atoms with Crippen LogP contribution < -0.4 is 0 Å². The molecule has 0 fully saturated rings. The quantitative estimate of drug-likeness (QED) is 0.481. The van der Waals surface area contributed by atoms with Gasteiger partial charge in [0, 0.05) is 0 Å². The van der Waals surface area contributed by atoms with Crippen LogP contribution in [0.4, 0.5) is 19.0 Å². The maximum Gasteiger partial charge on any atom is 0.446 e. The Hall–Kier alpha value is -1.76. The van der Waals surface area contributed by atoms with Crippen LogP contribution in [0.3, 0.4) is 0 Å². The Balaban J connectivity index is 3.18. The number of nitriles is 1. The zero-order valence-electron chi connectivity index (χ0n) is 6.70. The summed E-state index contributed by atoms with van der Waals surface area (Å²) in [5.41, 5.74) is -5.36. The Bertz CT molecular complexity index is 434. The van der Waals surface area contributed by atoms with E-state index in [-0.39, 0.29) is 0 Å². The minimum Gasteiger partial charge on any atom is -0.358 e. The molecule has 0 amide bonds. The van der Waals surface area contributed by atoms with Crippen molar-refractivity contribution >= 4 is 17.6 Å². The lowest BCUT2D eigenvalue weighted by Crippen LogP contribution is -2.01. The largest absolute Gasteiger partial charge is 0.446 e. The molecule has 0 aliphatic carbocycles. The molecule has 0 unspecified atom stereocenters. The Morgan fingerprint density at radius 2 is 2.20 bits per heavy atom. The fraction of sp³-hybridized carbons (Fsp3) is 0.200. The van der Waals surface area contributed by atoms with Crippen LogP contribution in [0.15, 0.2) is 4.90 Å². The highest BCUT2D eigenvalue weighted by atomic mass is 32.2. The van der Waals surface area contributed by atoms with Crippen molar-refractivity contribution in [2.45, 2.75) is 10.4 Å². The third-order valence-electron chi connectivity index (χ3n) is 1.21. The second-order valence-electron chi connectivity index (χ2n) is 2.17. The average Bonchev–Trinajstić information content (AvgIpc) is 2.44. The van der Waals surface area contributed by atoms with Gasteiger partial charge in [0.15, 0.2) is 4.90 Å². The van der Waals surface area contributed by atoms with Gasteiger partial charge in [0.1, 0.15) is 6.07 Å². The van der Waals surface area contributed by atoms with E-state index in [4.69, 9.17) is 5.26 Å². The normalized spacial score (nSPS) is 11.1. The van der Waals surface area contributed by atoms with Crippen LogP contribution in [0, 0.1) is 21.4 Å². The molecule has 0 aliphatic rings. The monoisotopic (exact) mass is 238 g/mol. The summed E-state index contributed by atoms with van der Waals surface area (Å²) in [5, 5.41) is 23.5. The molecule has 80 valence electrons. The number of hydrogen-bond acceptors (Lipinski definition) is 5. The van der Waals surface area contributed by atoms with Crippen LogP contribution in [-0.4, -0.2) is 20.6 Å². The van der Waals surface area contributed by atoms with E-state index in [1.165, 1.54) is 6.07 Å². The number of rotatable bonds is 2. The summed E-state index contributed by atoms with van der Waals surface area (Å²) >= 11 is -0.744. The van der Waals surface area contributed by atoms with E-state index in [1.807, 2.05) is 0 Å². The molecule has 1 rings (SSSR count). The number of nitrogens with zero attached hydrogens (tertiary/aromatic N) is 3. The third kappa shape index (κ3) is 2.59. The topological polar surface area (TPSA) is 95.6 Å². The average molecular weight is 238 g/mol. The van der Waals surface area contributed by atoms with Gasteiger partial charge in [-0.2, -0.15) is 18.4 Å². The van der Waals surface area contributed by atoms with Crippen molar-refractivity contribution in [2.75, 3.05) is 0 Å². The maximum atomic E-state index is 12.0. The summed E-state index contributed by atoms with van der Waals surface area (Å²) in [5.74, 6) is -0.936. The van der Waals surface area contributed by atoms with Crippen molar-refractivity contribution in [2.24, 2.45) is 0 Å². The number of H-pyrrole nitrogens is 1. The molecule has 1 heterocycles. The first-order valence-electron chi connectivity index (χ1n) is 3.23. The second-order valence-corrected chi connectivity index (χ2v) is 3.24. The molecule has 0 bridgehead atoms. The van der Waals surface area contributed by atoms with Gasteiger partial charge in [0.05, 0.1) is 0 Å².